The Labute approximate surface area is 204 Å². The van der Waals surface area contributed by atoms with E-state index in [-0.39, 0.29) is 10.8 Å². The Kier molecular flexibility index (Phi) is 6.73. The van der Waals surface area contributed by atoms with Gasteiger partial charge in [0, 0.05) is 43.9 Å². The Morgan fingerprint density at radius 1 is 0.824 bits per heavy atom. The smallest absolute Gasteiger partial charge is 0.123 e. The lowest BCUT2D eigenvalue weighted by Gasteiger charge is -2.33. The molecule has 3 aromatic rings. The summed E-state index contributed by atoms with van der Waals surface area (Å²) in [6.07, 6.45) is 1.96. The highest BCUT2D eigenvalue weighted by Crippen LogP contribution is 2.39. The number of phenols is 1. The van der Waals surface area contributed by atoms with Crippen LogP contribution in [0.4, 0.5) is 0 Å². The van der Waals surface area contributed by atoms with Crippen LogP contribution in [0.5, 0.6) is 5.75 Å². The fourth-order valence-electron chi connectivity index (χ4n) is 4.71. The maximum Gasteiger partial charge on any atom is 0.123 e. The van der Waals surface area contributed by atoms with Gasteiger partial charge in [0.15, 0.2) is 0 Å². The number of piperazine rings is 1. The molecule has 0 atom stereocenters. The molecule has 0 aliphatic carbocycles. The Morgan fingerprint density at radius 2 is 1.41 bits per heavy atom. The van der Waals surface area contributed by atoms with E-state index in [1.807, 2.05) is 6.21 Å². The van der Waals surface area contributed by atoms with Gasteiger partial charge in [0.05, 0.1) is 6.21 Å². The first-order chi connectivity index (χ1) is 16.0. The molecule has 0 bridgehead atoms. The molecule has 0 unspecified atom stereocenters. The standard InChI is InChI=1S/C30H39N3O/c1-29(2,3)26-18-22(19-27(28(26)34)30(4,5)6)20-31-33-16-14-32(15-17-33)21-24-12-9-11-23-10-7-8-13-25(23)24/h7-13,18-20,34H,14-17,21H2,1-6H3/b31-20+. The number of nitrogens with zero attached hydrogens (tertiary/aromatic N) is 3. The van der Waals surface area contributed by atoms with Gasteiger partial charge in [0.25, 0.3) is 0 Å². The zero-order valence-electron chi connectivity index (χ0n) is 21.6. The quantitative estimate of drug-likeness (QED) is 0.468. The summed E-state index contributed by atoms with van der Waals surface area (Å²) in [7, 11) is 0. The van der Waals surface area contributed by atoms with E-state index in [0.29, 0.717) is 5.75 Å². The van der Waals surface area contributed by atoms with E-state index in [1.165, 1.54) is 16.3 Å². The molecule has 0 saturated carbocycles. The summed E-state index contributed by atoms with van der Waals surface area (Å²) in [5.74, 6) is 0.416. The second kappa shape index (κ2) is 9.42. The average Bonchev–Trinajstić information content (AvgIpc) is 2.78. The molecule has 1 aliphatic rings. The van der Waals surface area contributed by atoms with Gasteiger partial charge in [-0.2, -0.15) is 5.10 Å². The van der Waals surface area contributed by atoms with Crippen LogP contribution in [0.2, 0.25) is 0 Å². The summed E-state index contributed by atoms with van der Waals surface area (Å²) in [6, 6.07) is 19.4. The van der Waals surface area contributed by atoms with E-state index < -0.39 is 0 Å². The van der Waals surface area contributed by atoms with E-state index in [2.05, 4.69) is 106 Å². The third-order valence-electron chi connectivity index (χ3n) is 6.74. The van der Waals surface area contributed by atoms with Crippen molar-refractivity contribution < 1.29 is 5.11 Å². The molecular weight excluding hydrogens is 418 g/mol. The van der Waals surface area contributed by atoms with E-state index in [9.17, 15) is 5.11 Å². The predicted molar refractivity (Wildman–Crippen MR) is 144 cm³/mol. The van der Waals surface area contributed by atoms with Crippen molar-refractivity contribution in [2.45, 2.75) is 58.9 Å². The van der Waals surface area contributed by atoms with Gasteiger partial charge in [0.2, 0.25) is 0 Å². The van der Waals surface area contributed by atoms with Crippen LogP contribution in [-0.4, -0.2) is 47.4 Å². The summed E-state index contributed by atoms with van der Waals surface area (Å²) in [4.78, 5) is 2.52. The first-order valence-electron chi connectivity index (χ1n) is 12.4. The number of aromatic hydroxyl groups is 1. The maximum absolute atomic E-state index is 11.0. The number of benzene rings is 3. The summed E-state index contributed by atoms with van der Waals surface area (Å²) in [6.45, 7) is 17.7. The van der Waals surface area contributed by atoms with Crippen molar-refractivity contribution in [3.8, 4) is 5.75 Å². The first-order valence-corrected chi connectivity index (χ1v) is 12.4. The lowest BCUT2D eigenvalue weighted by atomic mass is 9.78. The van der Waals surface area contributed by atoms with Crippen LogP contribution < -0.4 is 0 Å². The van der Waals surface area contributed by atoms with Crippen LogP contribution in [0.25, 0.3) is 10.8 Å². The van der Waals surface area contributed by atoms with Crippen LogP contribution >= 0.6 is 0 Å². The van der Waals surface area contributed by atoms with Gasteiger partial charge in [-0.15, -0.1) is 0 Å². The molecule has 180 valence electrons. The predicted octanol–water partition coefficient (Wildman–Crippen LogP) is 6.29. The molecule has 4 rings (SSSR count). The molecule has 0 amide bonds. The minimum atomic E-state index is -0.138. The molecule has 0 aromatic heterocycles. The van der Waals surface area contributed by atoms with Crippen LogP contribution in [0.15, 0.2) is 59.7 Å². The van der Waals surface area contributed by atoms with Crippen molar-refractivity contribution >= 4 is 17.0 Å². The lowest BCUT2D eigenvalue weighted by Crippen LogP contribution is -2.43. The molecule has 1 N–H and O–H groups in total. The number of phenolic OH excluding ortho intramolecular Hbond substituents is 1. The molecule has 1 aliphatic heterocycles. The maximum atomic E-state index is 11.0. The fraction of sp³-hybridized carbons (Fsp3) is 0.433. The summed E-state index contributed by atoms with van der Waals surface area (Å²) in [5.41, 5.74) is 4.11. The molecule has 34 heavy (non-hydrogen) atoms. The van der Waals surface area contributed by atoms with Crippen LogP contribution in [0, 0.1) is 0 Å². The lowest BCUT2D eigenvalue weighted by molar-refractivity contribution is 0.131. The van der Waals surface area contributed by atoms with Gasteiger partial charge in [-0.25, -0.2) is 0 Å². The number of fused-ring (bicyclic) bond motifs is 1. The molecule has 0 spiro atoms. The first kappa shape index (κ1) is 24.3. The van der Waals surface area contributed by atoms with Gasteiger partial charge in [-0.1, -0.05) is 84.0 Å². The third kappa shape index (κ3) is 5.44. The highest BCUT2D eigenvalue weighted by atomic mass is 16.3. The third-order valence-corrected chi connectivity index (χ3v) is 6.74. The molecule has 4 nitrogen and oxygen atoms in total. The highest BCUT2D eigenvalue weighted by molar-refractivity contribution is 5.85. The Hall–Kier alpha value is -2.85. The Morgan fingerprint density at radius 3 is 2.03 bits per heavy atom. The SMILES string of the molecule is CC(C)(C)c1cc(/C=N/N2CCN(Cc3cccc4ccccc34)CC2)cc(C(C)(C)C)c1O. The molecule has 4 heteroatoms. The molecule has 1 heterocycles. The highest BCUT2D eigenvalue weighted by Gasteiger charge is 2.26. The van der Waals surface area contributed by atoms with Gasteiger partial charge < -0.3 is 5.11 Å². The summed E-state index contributed by atoms with van der Waals surface area (Å²) >= 11 is 0. The van der Waals surface area contributed by atoms with E-state index >= 15 is 0 Å². The molecule has 3 aromatic carbocycles. The van der Waals surface area contributed by atoms with Crippen molar-refractivity contribution in [2.24, 2.45) is 5.10 Å². The van der Waals surface area contributed by atoms with Crippen molar-refractivity contribution in [2.75, 3.05) is 26.2 Å². The topological polar surface area (TPSA) is 39.1 Å². The Balaban J connectivity index is 1.45. The summed E-state index contributed by atoms with van der Waals surface area (Å²) in [5, 5.41) is 20.6. The van der Waals surface area contributed by atoms with Gasteiger partial charge in [-0.3, -0.25) is 9.91 Å². The fourth-order valence-corrected chi connectivity index (χ4v) is 4.71. The zero-order valence-corrected chi connectivity index (χ0v) is 21.6. The molecule has 0 radical (unpaired) electrons. The number of hydrogen-bond donors (Lipinski definition) is 1. The molecule has 1 saturated heterocycles. The van der Waals surface area contributed by atoms with Crippen molar-refractivity contribution in [1.82, 2.24) is 9.91 Å². The monoisotopic (exact) mass is 457 g/mol. The zero-order chi connectivity index (χ0) is 24.5. The second-order valence-electron chi connectivity index (χ2n) is 11.6. The Bertz CT molecular complexity index is 1140. The summed E-state index contributed by atoms with van der Waals surface area (Å²) < 4.78 is 0. The van der Waals surface area contributed by atoms with Gasteiger partial charge in [0.1, 0.15) is 5.75 Å². The van der Waals surface area contributed by atoms with Crippen molar-refractivity contribution in [3.05, 3.63) is 76.9 Å². The average molecular weight is 458 g/mol. The molecule has 1 fully saturated rings. The van der Waals surface area contributed by atoms with Crippen molar-refractivity contribution in [3.63, 3.8) is 0 Å². The van der Waals surface area contributed by atoms with Crippen molar-refractivity contribution in [1.29, 1.82) is 0 Å². The molecular formula is C30H39N3O. The largest absolute Gasteiger partial charge is 0.507 e. The van der Waals surface area contributed by atoms with E-state index in [1.54, 1.807) is 0 Å². The minimum Gasteiger partial charge on any atom is -0.507 e. The number of hydrazone groups is 1. The normalized spacial score (nSPS) is 16.0. The van der Waals surface area contributed by atoms with Gasteiger partial charge in [-0.05, 0) is 44.9 Å². The van der Waals surface area contributed by atoms with Crippen LogP contribution in [0.3, 0.4) is 0 Å². The second-order valence-corrected chi connectivity index (χ2v) is 11.6. The number of rotatable bonds is 4. The van der Waals surface area contributed by atoms with Crippen LogP contribution in [0.1, 0.15) is 63.8 Å². The van der Waals surface area contributed by atoms with E-state index in [0.717, 1.165) is 49.4 Å². The number of hydrogen-bond acceptors (Lipinski definition) is 4. The van der Waals surface area contributed by atoms with E-state index in [4.69, 9.17) is 5.10 Å². The minimum absolute atomic E-state index is 0.138. The van der Waals surface area contributed by atoms with Gasteiger partial charge >= 0.3 is 0 Å². The van der Waals surface area contributed by atoms with Crippen LogP contribution in [-0.2, 0) is 17.4 Å².